The second-order valence-corrected chi connectivity index (χ2v) is 6.35. The van der Waals surface area contributed by atoms with E-state index in [1.165, 1.54) is 17.8 Å². The predicted molar refractivity (Wildman–Crippen MR) is 93.3 cm³/mol. The molecule has 0 atom stereocenters. The highest BCUT2D eigenvalue weighted by Crippen LogP contribution is 2.26. The second-order valence-electron chi connectivity index (χ2n) is 5.41. The number of thioether (sulfide) groups is 1. The van der Waals surface area contributed by atoms with E-state index in [1.54, 1.807) is 42.1 Å². The summed E-state index contributed by atoms with van der Waals surface area (Å²) in [5, 5.41) is 12.2. The van der Waals surface area contributed by atoms with Crippen molar-refractivity contribution in [1.82, 2.24) is 20.2 Å². The van der Waals surface area contributed by atoms with Crippen LogP contribution >= 0.6 is 11.8 Å². The molecule has 0 N–H and O–H groups in total. The third-order valence-electron chi connectivity index (χ3n) is 3.43. The number of benzene rings is 2. The van der Waals surface area contributed by atoms with Crippen LogP contribution in [-0.4, -0.2) is 40.1 Å². The van der Waals surface area contributed by atoms with E-state index < -0.39 is 12.8 Å². The fraction of sp³-hybridized carbons (Fsp3) is 0.235. The summed E-state index contributed by atoms with van der Waals surface area (Å²) in [5.41, 5.74) is 1.56. The summed E-state index contributed by atoms with van der Waals surface area (Å²) in [5.74, 6) is 1.36. The van der Waals surface area contributed by atoms with Gasteiger partial charge in [-0.3, -0.25) is 0 Å². The number of tetrazole rings is 1. The maximum atomic E-state index is 12.3. The Hall–Kier alpha value is -2.75. The minimum Gasteiger partial charge on any atom is -0.497 e. The summed E-state index contributed by atoms with van der Waals surface area (Å²) in [6.45, 7) is -1.32. The fourth-order valence-electron chi connectivity index (χ4n) is 2.19. The largest absolute Gasteiger partial charge is 0.497 e. The molecule has 0 saturated carbocycles. The number of nitrogens with zero attached hydrogens (tertiary/aromatic N) is 4. The molecular weight excluding hydrogens is 381 g/mol. The molecule has 3 rings (SSSR count). The van der Waals surface area contributed by atoms with Gasteiger partial charge in [0.05, 0.1) is 12.8 Å². The van der Waals surface area contributed by atoms with Crippen LogP contribution in [0, 0.1) is 0 Å². The lowest BCUT2D eigenvalue weighted by atomic mass is 10.2. The Labute approximate surface area is 157 Å². The van der Waals surface area contributed by atoms with Crippen LogP contribution in [0.25, 0.3) is 5.69 Å². The lowest BCUT2D eigenvalue weighted by Gasteiger charge is -2.10. The van der Waals surface area contributed by atoms with Crippen LogP contribution in [0.2, 0.25) is 0 Å². The van der Waals surface area contributed by atoms with Crippen LogP contribution < -0.4 is 9.47 Å². The zero-order valence-electron chi connectivity index (χ0n) is 14.2. The molecule has 0 saturated heterocycles. The monoisotopic (exact) mass is 396 g/mol. The summed E-state index contributed by atoms with van der Waals surface area (Å²) in [4.78, 5) is 0. The summed E-state index contributed by atoms with van der Waals surface area (Å²) in [7, 11) is 1.58. The molecule has 1 aromatic heterocycles. The Morgan fingerprint density at radius 1 is 1.07 bits per heavy atom. The Morgan fingerprint density at radius 2 is 1.85 bits per heavy atom. The van der Waals surface area contributed by atoms with E-state index in [-0.39, 0.29) is 5.75 Å². The summed E-state index contributed by atoms with van der Waals surface area (Å²) < 4.78 is 48.3. The van der Waals surface area contributed by atoms with Crippen LogP contribution in [-0.2, 0) is 5.75 Å². The van der Waals surface area contributed by atoms with Crippen molar-refractivity contribution in [2.75, 3.05) is 13.7 Å². The molecule has 10 heteroatoms. The third kappa shape index (κ3) is 5.36. The molecule has 0 aliphatic carbocycles. The average Bonchev–Trinajstić information content (AvgIpc) is 3.13. The van der Waals surface area contributed by atoms with Gasteiger partial charge >= 0.3 is 6.18 Å². The van der Waals surface area contributed by atoms with Crippen molar-refractivity contribution in [1.29, 1.82) is 0 Å². The zero-order chi connectivity index (χ0) is 19.3. The van der Waals surface area contributed by atoms with Crippen molar-refractivity contribution >= 4 is 11.8 Å². The van der Waals surface area contributed by atoms with Gasteiger partial charge in [0.1, 0.15) is 11.5 Å². The first kappa shape index (κ1) is 19.0. The summed E-state index contributed by atoms with van der Waals surface area (Å²) >= 11 is 1.36. The highest BCUT2D eigenvalue weighted by Gasteiger charge is 2.28. The quantitative estimate of drug-likeness (QED) is 0.565. The van der Waals surface area contributed by atoms with Crippen molar-refractivity contribution in [3.63, 3.8) is 0 Å². The Kier molecular flexibility index (Phi) is 5.84. The molecule has 0 aliphatic heterocycles. The second kappa shape index (κ2) is 8.30. The maximum Gasteiger partial charge on any atom is 0.422 e. The molecule has 27 heavy (non-hydrogen) atoms. The minimum atomic E-state index is -4.37. The normalized spacial score (nSPS) is 11.4. The van der Waals surface area contributed by atoms with Crippen molar-refractivity contribution in [3.05, 3.63) is 54.1 Å². The van der Waals surface area contributed by atoms with Crippen LogP contribution in [0.3, 0.4) is 0 Å². The van der Waals surface area contributed by atoms with Gasteiger partial charge in [0.2, 0.25) is 5.16 Å². The number of ether oxygens (including phenoxy) is 2. The fourth-order valence-corrected chi connectivity index (χ4v) is 3.03. The molecule has 142 valence electrons. The first-order valence-electron chi connectivity index (χ1n) is 7.79. The van der Waals surface area contributed by atoms with Crippen LogP contribution in [0.1, 0.15) is 5.56 Å². The number of aromatic nitrogens is 4. The van der Waals surface area contributed by atoms with Gasteiger partial charge in [-0.2, -0.15) is 17.9 Å². The van der Waals surface area contributed by atoms with E-state index in [2.05, 4.69) is 15.5 Å². The number of hydrogen-bond donors (Lipinski definition) is 0. The van der Waals surface area contributed by atoms with Crippen LogP contribution in [0.5, 0.6) is 11.5 Å². The van der Waals surface area contributed by atoms with Gasteiger partial charge in [-0.25, -0.2) is 0 Å². The minimum absolute atomic E-state index is 0.167. The molecule has 0 spiro atoms. The number of alkyl halides is 3. The number of halogens is 3. The van der Waals surface area contributed by atoms with E-state index in [1.807, 2.05) is 12.1 Å². The van der Waals surface area contributed by atoms with Gasteiger partial charge in [0.15, 0.2) is 6.61 Å². The van der Waals surface area contributed by atoms with E-state index in [4.69, 9.17) is 9.47 Å². The Bertz CT molecular complexity index is 884. The van der Waals surface area contributed by atoms with E-state index in [0.29, 0.717) is 10.9 Å². The standard InChI is InChI=1S/C17H15F3N4O2S/c1-25-14-7-5-13(6-8-14)24-16(21-22-23-24)27-10-12-3-2-4-15(9-12)26-11-17(18,19)20/h2-9H,10-11H2,1H3. The van der Waals surface area contributed by atoms with E-state index in [0.717, 1.165) is 17.0 Å². The first-order valence-corrected chi connectivity index (χ1v) is 8.77. The van der Waals surface area contributed by atoms with Gasteiger partial charge < -0.3 is 9.47 Å². The summed E-state index contributed by atoms with van der Waals surface area (Å²) in [6.07, 6.45) is -4.37. The molecular formula is C17H15F3N4O2S. The van der Waals surface area contributed by atoms with Gasteiger partial charge in [-0.05, 0) is 52.4 Å². The van der Waals surface area contributed by atoms with Crippen molar-refractivity contribution in [2.24, 2.45) is 0 Å². The molecule has 0 aliphatic rings. The van der Waals surface area contributed by atoms with Crippen LogP contribution in [0.4, 0.5) is 13.2 Å². The number of hydrogen-bond acceptors (Lipinski definition) is 6. The zero-order valence-corrected chi connectivity index (χ0v) is 15.0. The highest BCUT2D eigenvalue weighted by molar-refractivity contribution is 7.98. The molecule has 0 amide bonds. The van der Waals surface area contributed by atoms with Gasteiger partial charge in [-0.15, -0.1) is 5.10 Å². The van der Waals surface area contributed by atoms with Gasteiger partial charge in [0.25, 0.3) is 0 Å². The maximum absolute atomic E-state index is 12.3. The van der Waals surface area contributed by atoms with Gasteiger partial charge in [-0.1, -0.05) is 23.9 Å². The lowest BCUT2D eigenvalue weighted by molar-refractivity contribution is -0.153. The molecule has 2 aromatic carbocycles. The number of methoxy groups -OCH3 is 1. The topological polar surface area (TPSA) is 62.1 Å². The average molecular weight is 396 g/mol. The first-order chi connectivity index (χ1) is 12.9. The highest BCUT2D eigenvalue weighted by atomic mass is 32.2. The smallest absolute Gasteiger partial charge is 0.422 e. The molecule has 6 nitrogen and oxygen atoms in total. The molecule has 1 heterocycles. The lowest BCUT2D eigenvalue weighted by Crippen LogP contribution is -2.19. The van der Waals surface area contributed by atoms with Crippen molar-refractivity contribution < 1.29 is 22.6 Å². The van der Waals surface area contributed by atoms with Crippen molar-refractivity contribution in [3.8, 4) is 17.2 Å². The SMILES string of the molecule is COc1ccc(-n2nnnc2SCc2cccc(OCC(F)(F)F)c2)cc1. The third-order valence-corrected chi connectivity index (χ3v) is 4.42. The molecule has 3 aromatic rings. The number of rotatable bonds is 7. The van der Waals surface area contributed by atoms with Crippen molar-refractivity contribution in [2.45, 2.75) is 17.1 Å². The van der Waals surface area contributed by atoms with Gasteiger partial charge in [0, 0.05) is 5.75 Å². The molecule has 0 radical (unpaired) electrons. The summed E-state index contributed by atoms with van der Waals surface area (Å²) in [6, 6.07) is 13.8. The van der Waals surface area contributed by atoms with E-state index in [9.17, 15) is 13.2 Å². The Balaban J connectivity index is 1.66. The molecule has 0 unspecified atom stereocenters. The van der Waals surface area contributed by atoms with E-state index >= 15 is 0 Å². The predicted octanol–water partition coefficient (Wildman–Crippen LogP) is 3.90. The van der Waals surface area contributed by atoms with Crippen LogP contribution in [0.15, 0.2) is 53.7 Å². The molecule has 0 fully saturated rings. The Morgan fingerprint density at radius 3 is 2.56 bits per heavy atom. The molecule has 0 bridgehead atoms.